The molecule has 1 saturated heterocycles. The summed E-state index contributed by atoms with van der Waals surface area (Å²) in [5, 5.41) is 0.184. The highest BCUT2D eigenvalue weighted by atomic mass is 79.9. The van der Waals surface area contributed by atoms with Gasteiger partial charge in [0, 0.05) is 16.6 Å². The molecule has 6 nitrogen and oxygen atoms in total. The number of nitrogens with zero attached hydrogens (tertiary/aromatic N) is 1. The standard InChI is InChI=1S/C20H20BrClN2O4/c1-27-17-10-13(9-15(22)19(17)28-11-18(23)25)20(26)24-8-2-3-16(24)12-4-6-14(21)7-5-12/h4-7,9-10,16H,2-3,8,11H2,1H3,(H2,23,25). The van der Waals surface area contributed by atoms with Crippen LogP contribution in [0.4, 0.5) is 0 Å². The molecule has 1 atom stereocenters. The third-order valence-electron chi connectivity index (χ3n) is 4.60. The number of halogens is 2. The fourth-order valence-corrected chi connectivity index (χ4v) is 3.86. The summed E-state index contributed by atoms with van der Waals surface area (Å²) in [6, 6.07) is 11.1. The van der Waals surface area contributed by atoms with Crippen LogP contribution < -0.4 is 15.2 Å². The number of rotatable bonds is 6. The van der Waals surface area contributed by atoms with Gasteiger partial charge in [-0.3, -0.25) is 9.59 Å². The topological polar surface area (TPSA) is 81.9 Å². The zero-order valence-electron chi connectivity index (χ0n) is 15.3. The molecule has 1 fully saturated rings. The van der Waals surface area contributed by atoms with Gasteiger partial charge in [0.2, 0.25) is 0 Å². The number of carbonyl (C=O) groups excluding carboxylic acids is 2. The van der Waals surface area contributed by atoms with Crippen LogP contribution in [0.2, 0.25) is 5.02 Å². The van der Waals surface area contributed by atoms with Gasteiger partial charge in [-0.1, -0.05) is 39.7 Å². The third-order valence-corrected chi connectivity index (χ3v) is 5.41. The summed E-state index contributed by atoms with van der Waals surface area (Å²) in [6.07, 6.45) is 1.83. The molecule has 1 unspecified atom stereocenters. The average molecular weight is 468 g/mol. The summed E-state index contributed by atoms with van der Waals surface area (Å²) in [5.41, 5.74) is 6.60. The Balaban J connectivity index is 1.87. The zero-order valence-corrected chi connectivity index (χ0v) is 17.6. The van der Waals surface area contributed by atoms with E-state index < -0.39 is 5.91 Å². The monoisotopic (exact) mass is 466 g/mol. The molecule has 8 heteroatoms. The molecule has 2 N–H and O–H groups in total. The van der Waals surface area contributed by atoms with E-state index in [9.17, 15) is 9.59 Å². The van der Waals surface area contributed by atoms with Crippen LogP contribution >= 0.6 is 27.5 Å². The first-order valence-corrected chi connectivity index (χ1v) is 9.93. The fourth-order valence-electron chi connectivity index (χ4n) is 3.33. The highest BCUT2D eigenvalue weighted by molar-refractivity contribution is 9.10. The van der Waals surface area contributed by atoms with Gasteiger partial charge in [-0.25, -0.2) is 0 Å². The molecule has 0 aliphatic carbocycles. The quantitative estimate of drug-likeness (QED) is 0.697. The van der Waals surface area contributed by atoms with Gasteiger partial charge in [-0.2, -0.15) is 0 Å². The minimum absolute atomic E-state index is 0.0103. The van der Waals surface area contributed by atoms with Gasteiger partial charge in [0.05, 0.1) is 18.2 Å². The smallest absolute Gasteiger partial charge is 0.255 e. The van der Waals surface area contributed by atoms with Crippen molar-refractivity contribution in [3.05, 3.63) is 57.0 Å². The molecular weight excluding hydrogens is 448 g/mol. The number of amides is 2. The predicted octanol–water partition coefficient (Wildman–Crippen LogP) is 3.95. The minimum Gasteiger partial charge on any atom is -0.493 e. The van der Waals surface area contributed by atoms with Crippen LogP contribution in [0.15, 0.2) is 40.9 Å². The van der Waals surface area contributed by atoms with Crippen LogP contribution in [-0.4, -0.2) is 37.0 Å². The van der Waals surface area contributed by atoms with E-state index in [4.69, 9.17) is 26.8 Å². The lowest BCUT2D eigenvalue weighted by Gasteiger charge is -2.26. The molecule has 148 valence electrons. The number of primary amides is 1. The van der Waals surface area contributed by atoms with Gasteiger partial charge in [0.15, 0.2) is 18.1 Å². The highest BCUT2D eigenvalue weighted by Crippen LogP contribution is 2.39. The van der Waals surface area contributed by atoms with E-state index >= 15 is 0 Å². The van der Waals surface area contributed by atoms with E-state index in [1.807, 2.05) is 29.2 Å². The number of benzene rings is 2. The molecule has 0 aromatic heterocycles. The van der Waals surface area contributed by atoms with Crippen LogP contribution in [0, 0.1) is 0 Å². The van der Waals surface area contributed by atoms with Gasteiger partial charge in [0.25, 0.3) is 11.8 Å². The summed E-state index contributed by atoms with van der Waals surface area (Å²) in [5.74, 6) is -0.304. The molecule has 0 spiro atoms. The second-order valence-electron chi connectivity index (χ2n) is 6.45. The second-order valence-corrected chi connectivity index (χ2v) is 7.78. The summed E-state index contributed by atoms with van der Waals surface area (Å²) >= 11 is 9.72. The largest absolute Gasteiger partial charge is 0.493 e. The minimum atomic E-state index is -0.632. The number of ether oxygens (including phenoxy) is 2. The highest BCUT2D eigenvalue weighted by Gasteiger charge is 2.31. The molecule has 2 amide bonds. The number of nitrogens with two attached hydrogens (primary N) is 1. The molecule has 0 radical (unpaired) electrons. The van der Waals surface area contributed by atoms with Gasteiger partial charge in [-0.15, -0.1) is 0 Å². The van der Waals surface area contributed by atoms with Gasteiger partial charge < -0.3 is 20.1 Å². The van der Waals surface area contributed by atoms with Gasteiger partial charge in [-0.05, 0) is 42.7 Å². The Labute approximate surface area is 176 Å². The second kappa shape index (κ2) is 8.84. The Morgan fingerprint density at radius 1 is 1.29 bits per heavy atom. The van der Waals surface area contributed by atoms with Crippen LogP contribution in [0.1, 0.15) is 34.8 Å². The molecule has 3 rings (SSSR count). The van der Waals surface area contributed by atoms with Crippen molar-refractivity contribution in [2.75, 3.05) is 20.3 Å². The molecule has 1 aliphatic rings. The van der Waals surface area contributed by atoms with Crippen LogP contribution in [-0.2, 0) is 4.79 Å². The molecule has 0 saturated carbocycles. The van der Waals surface area contributed by atoms with E-state index in [1.165, 1.54) is 13.2 Å². The average Bonchev–Trinajstić information content (AvgIpc) is 3.16. The molecule has 0 bridgehead atoms. The number of carbonyl (C=O) groups is 2. The van der Waals surface area contributed by atoms with E-state index in [0.29, 0.717) is 12.1 Å². The van der Waals surface area contributed by atoms with Crippen molar-refractivity contribution in [3.63, 3.8) is 0 Å². The van der Waals surface area contributed by atoms with E-state index in [0.717, 1.165) is 22.9 Å². The van der Waals surface area contributed by atoms with Crippen molar-refractivity contribution in [1.29, 1.82) is 0 Å². The molecule has 2 aromatic carbocycles. The summed E-state index contributed by atoms with van der Waals surface area (Å²) in [4.78, 5) is 26.0. The molecule has 2 aromatic rings. The predicted molar refractivity (Wildman–Crippen MR) is 110 cm³/mol. The summed E-state index contributed by atoms with van der Waals surface area (Å²) in [7, 11) is 1.44. The molecular formula is C20H20BrClN2O4. The Kier molecular flexibility index (Phi) is 6.46. The summed E-state index contributed by atoms with van der Waals surface area (Å²) in [6.45, 7) is 0.334. The number of methoxy groups -OCH3 is 1. The van der Waals surface area contributed by atoms with Crippen molar-refractivity contribution in [3.8, 4) is 11.5 Å². The lowest BCUT2D eigenvalue weighted by Crippen LogP contribution is -2.30. The SMILES string of the molecule is COc1cc(C(=O)N2CCCC2c2ccc(Br)cc2)cc(Cl)c1OCC(N)=O. The van der Waals surface area contributed by atoms with Crippen molar-refractivity contribution in [2.45, 2.75) is 18.9 Å². The number of likely N-dealkylation sites (tertiary alicyclic amines) is 1. The zero-order chi connectivity index (χ0) is 20.3. The fraction of sp³-hybridized carbons (Fsp3) is 0.300. The van der Waals surface area contributed by atoms with Crippen molar-refractivity contribution < 1.29 is 19.1 Å². The Morgan fingerprint density at radius 3 is 2.64 bits per heavy atom. The molecule has 1 aliphatic heterocycles. The van der Waals surface area contributed by atoms with E-state index in [1.54, 1.807) is 6.07 Å². The van der Waals surface area contributed by atoms with Crippen molar-refractivity contribution in [1.82, 2.24) is 4.90 Å². The number of hydrogen-bond acceptors (Lipinski definition) is 4. The molecule has 1 heterocycles. The van der Waals surface area contributed by atoms with Crippen LogP contribution in [0.3, 0.4) is 0 Å². The Bertz CT molecular complexity index is 889. The Morgan fingerprint density at radius 2 is 2.00 bits per heavy atom. The maximum atomic E-state index is 13.2. The van der Waals surface area contributed by atoms with Crippen LogP contribution in [0.25, 0.3) is 0 Å². The van der Waals surface area contributed by atoms with E-state index in [2.05, 4.69) is 15.9 Å². The van der Waals surface area contributed by atoms with Gasteiger partial charge in [0.1, 0.15) is 0 Å². The lowest BCUT2D eigenvalue weighted by molar-refractivity contribution is -0.119. The van der Waals surface area contributed by atoms with Crippen molar-refractivity contribution in [2.24, 2.45) is 5.73 Å². The Hall–Kier alpha value is -2.25. The van der Waals surface area contributed by atoms with Crippen molar-refractivity contribution >= 4 is 39.3 Å². The summed E-state index contributed by atoms with van der Waals surface area (Å²) < 4.78 is 11.6. The maximum absolute atomic E-state index is 13.2. The van der Waals surface area contributed by atoms with Crippen LogP contribution in [0.5, 0.6) is 11.5 Å². The maximum Gasteiger partial charge on any atom is 0.255 e. The first-order valence-electron chi connectivity index (χ1n) is 8.75. The van der Waals surface area contributed by atoms with Gasteiger partial charge >= 0.3 is 0 Å². The normalized spacial score (nSPS) is 16.1. The van der Waals surface area contributed by atoms with E-state index in [-0.39, 0.29) is 35.1 Å². The number of hydrogen-bond donors (Lipinski definition) is 1. The first-order chi connectivity index (χ1) is 13.4. The lowest BCUT2D eigenvalue weighted by atomic mass is 10.0. The first kappa shape index (κ1) is 20.5. The molecule has 28 heavy (non-hydrogen) atoms. The third kappa shape index (κ3) is 4.42.